The van der Waals surface area contributed by atoms with Crippen LogP contribution >= 0.6 is 0 Å². The highest BCUT2D eigenvalue weighted by Gasteiger charge is 2.33. The maximum atomic E-state index is 13.4. The molecule has 0 aromatic heterocycles. The third-order valence-electron chi connectivity index (χ3n) is 5.04. The number of carbonyl (C=O) groups is 2. The van der Waals surface area contributed by atoms with Gasteiger partial charge in [0.05, 0.1) is 23.6 Å². The minimum Gasteiger partial charge on any atom is -0.495 e. The van der Waals surface area contributed by atoms with Crippen molar-refractivity contribution < 1.29 is 36.3 Å². The fourth-order valence-electron chi connectivity index (χ4n) is 3.31. The number of hydrogen-bond acceptors (Lipinski definition) is 6. The number of para-hydroxylation sites is 2. The van der Waals surface area contributed by atoms with E-state index in [9.17, 15) is 26.8 Å². The Morgan fingerprint density at radius 3 is 2.44 bits per heavy atom. The highest BCUT2D eigenvalue weighted by atomic mass is 32.2. The summed E-state index contributed by atoms with van der Waals surface area (Å²) in [6.45, 7) is -0.479. The third kappa shape index (κ3) is 5.40. The monoisotopic (exact) mass is 468 g/mol. The number of benzene rings is 2. The van der Waals surface area contributed by atoms with E-state index in [1.165, 1.54) is 7.11 Å². The zero-order valence-electron chi connectivity index (χ0n) is 17.2. The number of anilines is 1. The Bertz CT molecular complexity index is 1100. The van der Waals surface area contributed by atoms with Crippen LogP contribution in [0, 0.1) is 17.6 Å². The molecule has 2 aromatic rings. The van der Waals surface area contributed by atoms with Gasteiger partial charge in [-0.05, 0) is 43.2 Å². The van der Waals surface area contributed by atoms with Gasteiger partial charge in [0.15, 0.2) is 18.2 Å². The largest absolute Gasteiger partial charge is 0.495 e. The molecule has 0 bridgehead atoms. The Hall–Kier alpha value is -3.05. The molecule has 1 fully saturated rings. The number of piperidine rings is 1. The van der Waals surface area contributed by atoms with Crippen LogP contribution in [0.3, 0.4) is 0 Å². The summed E-state index contributed by atoms with van der Waals surface area (Å²) in [5, 5.41) is 2.59. The molecule has 0 atom stereocenters. The molecule has 1 heterocycles. The summed E-state index contributed by atoms with van der Waals surface area (Å²) in [4.78, 5) is 24.0. The van der Waals surface area contributed by atoms with Crippen molar-refractivity contribution in [3.63, 3.8) is 0 Å². The first-order chi connectivity index (χ1) is 15.2. The standard InChI is InChI=1S/C21H22F2N2O6S/c1-30-19-5-3-2-4-18(19)24-20(26)13-31-21(27)14-8-10-25(11-9-14)32(28,29)15-6-7-16(22)17(23)12-15/h2-7,12,14H,8-11,13H2,1H3,(H,24,26). The van der Waals surface area contributed by atoms with Crippen LogP contribution in [0.25, 0.3) is 0 Å². The Morgan fingerprint density at radius 1 is 1.09 bits per heavy atom. The summed E-state index contributed by atoms with van der Waals surface area (Å²) >= 11 is 0. The normalized spacial score (nSPS) is 15.2. The van der Waals surface area contributed by atoms with Gasteiger partial charge in [-0.25, -0.2) is 17.2 Å². The number of methoxy groups -OCH3 is 1. The van der Waals surface area contributed by atoms with Crippen molar-refractivity contribution >= 4 is 27.6 Å². The molecular formula is C21H22F2N2O6S. The topological polar surface area (TPSA) is 102 Å². The molecule has 172 valence electrons. The number of hydrogen-bond donors (Lipinski definition) is 1. The first kappa shape index (κ1) is 23.6. The number of rotatable bonds is 7. The van der Waals surface area contributed by atoms with Gasteiger partial charge < -0.3 is 14.8 Å². The SMILES string of the molecule is COc1ccccc1NC(=O)COC(=O)C1CCN(S(=O)(=O)c2ccc(F)c(F)c2)CC1. The second-order valence-electron chi connectivity index (χ2n) is 7.11. The quantitative estimate of drug-likeness (QED) is 0.627. The van der Waals surface area contributed by atoms with E-state index in [1.807, 2.05) is 0 Å². The fraction of sp³-hybridized carbons (Fsp3) is 0.333. The molecule has 2 aromatic carbocycles. The van der Waals surface area contributed by atoms with Crippen LogP contribution in [0.1, 0.15) is 12.8 Å². The maximum absolute atomic E-state index is 13.4. The highest BCUT2D eigenvalue weighted by molar-refractivity contribution is 7.89. The smallest absolute Gasteiger partial charge is 0.309 e. The summed E-state index contributed by atoms with van der Waals surface area (Å²) in [6.07, 6.45) is 0.353. The van der Waals surface area contributed by atoms with Crippen molar-refractivity contribution in [1.82, 2.24) is 4.31 Å². The molecule has 0 radical (unpaired) electrons. The molecule has 0 saturated carbocycles. The van der Waals surface area contributed by atoms with Gasteiger partial charge in [-0.3, -0.25) is 9.59 Å². The van der Waals surface area contributed by atoms with Gasteiger partial charge in [0.25, 0.3) is 5.91 Å². The lowest BCUT2D eigenvalue weighted by molar-refractivity contribution is -0.152. The Kier molecular flexibility index (Phi) is 7.41. The number of nitrogens with one attached hydrogen (secondary N) is 1. The summed E-state index contributed by atoms with van der Waals surface area (Å²) in [7, 11) is -2.56. The Morgan fingerprint density at radius 2 is 1.78 bits per heavy atom. The van der Waals surface area contributed by atoms with Crippen molar-refractivity contribution in [1.29, 1.82) is 0 Å². The van der Waals surface area contributed by atoms with E-state index in [1.54, 1.807) is 24.3 Å². The fourth-order valence-corrected chi connectivity index (χ4v) is 4.79. The third-order valence-corrected chi connectivity index (χ3v) is 6.94. The highest BCUT2D eigenvalue weighted by Crippen LogP contribution is 2.26. The van der Waals surface area contributed by atoms with Crippen molar-refractivity contribution in [2.45, 2.75) is 17.7 Å². The molecule has 1 N–H and O–H groups in total. The second-order valence-corrected chi connectivity index (χ2v) is 9.05. The Labute approximate surface area is 184 Å². The predicted molar refractivity (Wildman–Crippen MR) is 110 cm³/mol. The molecular weight excluding hydrogens is 446 g/mol. The molecule has 32 heavy (non-hydrogen) atoms. The second kappa shape index (κ2) is 10.0. The predicted octanol–water partition coefficient (Wildman–Crippen LogP) is 2.56. The number of carbonyl (C=O) groups excluding carboxylic acids is 2. The van der Waals surface area contributed by atoms with E-state index in [0.717, 1.165) is 16.4 Å². The van der Waals surface area contributed by atoms with E-state index in [-0.39, 0.29) is 30.8 Å². The average Bonchev–Trinajstić information content (AvgIpc) is 2.79. The van der Waals surface area contributed by atoms with E-state index >= 15 is 0 Å². The number of esters is 1. The minimum atomic E-state index is -4.02. The number of sulfonamides is 1. The Balaban J connectivity index is 1.51. The van der Waals surface area contributed by atoms with E-state index in [4.69, 9.17) is 9.47 Å². The van der Waals surface area contributed by atoms with Crippen LogP contribution in [0.2, 0.25) is 0 Å². The molecule has 1 saturated heterocycles. The van der Waals surface area contributed by atoms with Crippen LogP contribution < -0.4 is 10.1 Å². The minimum absolute atomic E-state index is 0.00844. The first-order valence-electron chi connectivity index (χ1n) is 9.77. The number of ether oxygens (including phenoxy) is 2. The van der Waals surface area contributed by atoms with Crippen LogP contribution in [0.4, 0.5) is 14.5 Å². The number of nitrogens with zero attached hydrogens (tertiary/aromatic N) is 1. The first-order valence-corrected chi connectivity index (χ1v) is 11.2. The van der Waals surface area contributed by atoms with Gasteiger partial charge in [-0.15, -0.1) is 0 Å². The maximum Gasteiger partial charge on any atom is 0.309 e. The zero-order valence-corrected chi connectivity index (χ0v) is 18.0. The molecule has 11 heteroatoms. The van der Waals surface area contributed by atoms with Crippen molar-refractivity contribution in [2.24, 2.45) is 5.92 Å². The van der Waals surface area contributed by atoms with E-state index < -0.39 is 46.1 Å². The van der Waals surface area contributed by atoms with Gasteiger partial charge in [0.2, 0.25) is 10.0 Å². The summed E-state index contributed by atoms with van der Waals surface area (Å²) < 4.78 is 63.1. The summed E-state index contributed by atoms with van der Waals surface area (Å²) in [5.41, 5.74) is 0.437. The molecule has 1 aliphatic heterocycles. The van der Waals surface area contributed by atoms with E-state index in [0.29, 0.717) is 17.5 Å². The number of amides is 1. The molecule has 0 aliphatic carbocycles. The van der Waals surface area contributed by atoms with Crippen LogP contribution in [0.5, 0.6) is 5.75 Å². The summed E-state index contributed by atoms with van der Waals surface area (Å²) in [6, 6.07) is 9.15. The van der Waals surface area contributed by atoms with Crippen LogP contribution in [-0.2, 0) is 24.3 Å². The molecule has 0 unspecified atom stereocenters. The lowest BCUT2D eigenvalue weighted by Crippen LogP contribution is -2.41. The van der Waals surface area contributed by atoms with E-state index in [2.05, 4.69) is 5.32 Å². The zero-order chi connectivity index (χ0) is 23.3. The van der Waals surface area contributed by atoms with Gasteiger partial charge in [0, 0.05) is 13.1 Å². The molecule has 1 amide bonds. The van der Waals surface area contributed by atoms with Crippen molar-refractivity contribution in [2.75, 3.05) is 32.1 Å². The van der Waals surface area contributed by atoms with Gasteiger partial charge in [0.1, 0.15) is 5.75 Å². The molecule has 0 spiro atoms. The van der Waals surface area contributed by atoms with Gasteiger partial charge in [-0.2, -0.15) is 4.31 Å². The van der Waals surface area contributed by atoms with Crippen molar-refractivity contribution in [3.05, 3.63) is 54.1 Å². The van der Waals surface area contributed by atoms with Gasteiger partial charge in [-0.1, -0.05) is 12.1 Å². The van der Waals surface area contributed by atoms with Gasteiger partial charge >= 0.3 is 5.97 Å². The summed E-state index contributed by atoms with van der Waals surface area (Å²) in [5.74, 6) is -3.66. The van der Waals surface area contributed by atoms with Crippen molar-refractivity contribution in [3.8, 4) is 5.75 Å². The molecule has 3 rings (SSSR count). The average molecular weight is 468 g/mol. The molecule has 1 aliphatic rings. The number of halogens is 2. The lowest BCUT2D eigenvalue weighted by Gasteiger charge is -2.30. The molecule has 8 nitrogen and oxygen atoms in total. The van der Waals surface area contributed by atoms with Crippen LogP contribution in [-0.4, -0.2) is 51.4 Å². The van der Waals surface area contributed by atoms with Crippen LogP contribution in [0.15, 0.2) is 47.4 Å². The lowest BCUT2D eigenvalue weighted by atomic mass is 9.98.